The Morgan fingerprint density at radius 1 is 1.24 bits per heavy atom. The smallest absolute Gasteiger partial charge is 0.308 e. The van der Waals surface area contributed by atoms with Gasteiger partial charge in [-0.3, -0.25) is 9.59 Å². The third kappa shape index (κ3) is 4.80. The standard InChI is InChI=1S/C15H18N2O4/c1-9(15(19)20)10(2)17-14(18)11(3)21-13-6-4-12(8-16)5-7-13/h4-7,9-11H,1-3H3,(H,17,18)(H,19,20). The molecular weight excluding hydrogens is 272 g/mol. The summed E-state index contributed by atoms with van der Waals surface area (Å²) in [6, 6.07) is 7.88. The average Bonchev–Trinajstić information content (AvgIpc) is 2.46. The predicted molar refractivity (Wildman–Crippen MR) is 75.7 cm³/mol. The molecule has 0 saturated carbocycles. The predicted octanol–water partition coefficient (Wildman–Crippen LogP) is 1.55. The number of ether oxygens (including phenoxy) is 1. The fraction of sp³-hybridized carbons (Fsp3) is 0.400. The van der Waals surface area contributed by atoms with Gasteiger partial charge in [0.05, 0.1) is 17.6 Å². The molecule has 1 rings (SSSR count). The van der Waals surface area contributed by atoms with Crippen LogP contribution >= 0.6 is 0 Å². The Labute approximate surface area is 123 Å². The summed E-state index contributed by atoms with van der Waals surface area (Å²) >= 11 is 0. The van der Waals surface area contributed by atoms with Crippen LogP contribution in [-0.2, 0) is 9.59 Å². The van der Waals surface area contributed by atoms with Crippen molar-refractivity contribution in [1.29, 1.82) is 5.26 Å². The fourth-order valence-electron chi connectivity index (χ4n) is 1.55. The number of nitriles is 1. The first-order valence-electron chi connectivity index (χ1n) is 6.55. The molecule has 0 saturated heterocycles. The minimum atomic E-state index is -0.969. The molecule has 0 spiro atoms. The molecule has 0 aliphatic heterocycles. The summed E-state index contributed by atoms with van der Waals surface area (Å²) < 4.78 is 5.45. The molecule has 6 nitrogen and oxygen atoms in total. The molecule has 1 amide bonds. The van der Waals surface area contributed by atoms with Gasteiger partial charge < -0.3 is 15.2 Å². The zero-order valence-corrected chi connectivity index (χ0v) is 12.2. The van der Waals surface area contributed by atoms with E-state index in [-0.39, 0.29) is 5.91 Å². The van der Waals surface area contributed by atoms with Gasteiger partial charge >= 0.3 is 5.97 Å². The maximum Gasteiger partial charge on any atom is 0.308 e. The largest absolute Gasteiger partial charge is 0.481 e. The number of nitrogens with zero attached hydrogens (tertiary/aromatic N) is 1. The first-order valence-corrected chi connectivity index (χ1v) is 6.55. The van der Waals surface area contributed by atoms with E-state index < -0.39 is 24.0 Å². The van der Waals surface area contributed by atoms with Crippen LogP contribution in [0.4, 0.5) is 0 Å². The first kappa shape index (κ1) is 16.5. The Balaban J connectivity index is 2.58. The molecular formula is C15H18N2O4. The second-order valence-corrected chi connectivity index (χ2v) is 4.82. The number of carbonyl (C=O) groups excluding carboxylic acids is 1. The number of carboxylic acid groups (broad SMARTS) is 1. The Bertz CT molecular complexity index is 548. The SMILES string of the molecule is CC(Oc1ccc(C#N)cc1)C(=O)NC(C)C(C)C(=O)O. The normalized spacial score (nSPS) is 14.4. The van der Waals surface area contributed by atoms with Gasteiger partial charge in [-0.15, -0.1) is 0 Å². The van der Waals surface area contributed by atoms with E-state index in [4.69, 9.17) is 15.1 Å². The van der Waals surface area contributed by atoms with E-state index >= 15 is 0 Å². The van der Waals surface area contributed by atoms with Gasteiger partial charge in [0, 0.05) is 6.04 Å². The number of benzene rings is 1. The Kier molecular flexibility index (Phi) is 5.73. The van der Waals surface area contributed by atoms with E-state index in [1.54, 1.807) is 38.1 Å². The molecule has 112 valence electrons. The number of carboxylic acids is 1. The molecule has 0 heterocycles. The molecule has 0 aliphatic carbocycles. The summed E-state index contributed by atoms with van der Waals surface area (Å²) in [4.78, 5) is 22.8. The lowest BCUT2D eigenvalue weighted by molar-refractivity contribution is -0.142. The molecule has 6 heteroatoms. The van der Waals surface area contributed by atoms with Gasteiger partial charge in [0.25, 0.3) is 5.91 Å². The van der Waals surface area contributed by atoms with Crippen molar-refractivity contribution in [2.24, 2.45) is 5.92 Å². The second kappa shape index (κ2) is 7.29. The van der Waals surface area contributed by atoms with Gasteiger partial charge in [-0.1, -0.05) is 0 Å². The van der Waals surface area contributed by atoms with Crippen LogP contribution in [0.15, 0.2) is 24.3 Å². The van der Waals surface area contributed by atoms with E-state index in [2.05, 4.69) is 5.32 Å². The molecule has 1 aromatic carbocycles. The number of amides is 1. The molecule has 0 aromatic heterocycles. The van der Waals surface area contributed by atoms with Crippen molar-refractivity contribution in [1.82, 2.24) is 5.32 Å². The van der Waals surface area contributed by atoms with Crippen LogP contribution in [0.25, 0.3) is 0 Å². The lowest BCUT2D eigenvalue weighted by atomic mass is 10.0. The van der Waals surface area contributed by atoms with Crippen LogP contribution in [0.2, 0.25) is 0 Å². The van der Waals surface area contributed by atoms with E-state index in [0.29, 0.717) is 11.3 Å². The van der Waals surface area contributed by atoms with E-state index in [9.17, 15) is 9.59 Å². The quantitative estimate of drug-likeness (QED) is 0.828. The number of hydrogen-bond donors (Lipinski definition) is 2. The van der Waals surface area contributed by atoms with E-state index in [1.807, 2.05) is 6.07 Å². The van der Waals surface area contributed by atoms with Crippen molar-refractivity contribution in [2.45, 2.75) is 32.9 Å². The van der Waals surface area contributed by atoms with Crippen LogP contribution in [-0.4, -0.2) is 29.1 Å². The number of rotatable bonds is 6. The number of hydrogen-bond acceptors (Lipinski definition) is 4. The summed E-state index contributed by atoms with van der Waals surface area (Å²) in [7, 11) is 0. The van der Waals surface area contributed by atoms with Gasteiger partial charge in [-0.2, -0.15) is 5.26 Å². The number of aliphatic carboxylic acids is 1. The van der Waals surface area contributed by atoms with Crippen LogP contribution in [0, 0.1) is 17.2 Å². The zero-order chi connectivity index (χ0) is 16.0. The highest BCUT2D eigenvalue weighted by atomic mass is 16.5. The molecule has 0 bridgehead atoms. The van der Waals surface area contributed by atoms with Crippen molar-refractivity contribution >= 4 is 11.9 Å². The van der Waals surface area contributed by atoms with E-state index in [1.165, 1.54) is 6.92 Å². The molecule has 1 aromatic rings. The highest BCUT2D eigenvalue weighted by molar-refractivity contribution is 5.82. The Hall–Kier alpha value is -2.55. The zero-order valence-electron chi connectivity index (χ0n) is 12.2. The summed E-state index contributed by atoms with van der Waals surface area (Å²) in [5, 5.41) is 20.2. The molecule has 2 N–H and O–H groups in total. The first-order chi connectivity index (χ1) is 9.85. The van der Waals surface area contributed by atoms with Gasteiger partial charge in [0.2, 0.25) is 0 Å². The third-order valence-corrected chi connectivity index (χ3v) is 3.17. The molecule has 0 radical (unpaired) electrons. The van der Waals surface area contributed by atoms with Crippen LogP contribution < -0.4 is 10.1 Å². The molecule has 21 heavy (non-hydrogen) atoms. The van der Waals surface area contributed by atoms with Gasteiger partial charge in [-0.25, -0.2) is 0 Å². The minimum Gasteiger partial charge on any atom is -0.481 e. The van der Waals surface area contributed by atoms with E-state index in [0.717, 1.165) is 0 Å². The van der Waals surface area contributed by atoms with Crippen LogP contribution in [0.5, 0.6) is 5.75 Å². The Morgan fingerprint density at radius 2 is 1.81 bits per heavy atom. The van der Waals surface area contributed by atoms with Crippen molar-refractivity contribution in [3.05, 3.63) is 29.8 Å². The summed E-state index contributed by atoms with van der Waals surface area (Å²) in [6.07, 6.45) is -0.763. The van der Waals surface area contributed by atoms with Crippen molar-refractivity contribution in [2.75, 3.05) is 0 Å². The van der Waals surface area contributed by atoms with Crippen LogP contribution in [0.1, 0.15) is 26.3 Å². The van der Waals surface area contributed by atoms with Gasteiger partial charge in [0.1, 0.15) is 5.75 Å². The maximum atomic E-state index is 11.9. The monoisotopic (exact) mass is 290 g/mol. The molecule has 0 aliphatic rings. The van der Waals surface area contributed by atoms with Gasteiger partial charge in [0.15, 0.2) is 6.10 Å². The molecule has 0 fully saturated rings. The van der Waals surface area contributed by atoms with Crippen molar-refractivity contribution in [3.63, 3.8) is 0 Å². The lowest BCUT2D eigenvalue weighted by Gasteiger charge is -2.21. The van der Waals surface area contributed by atoms with Crippen molar-refractivity contribution in [3.8, 4) is 11.8 Å². The number of nitrogens with one attached hydrogen (secondary N) is 1. The lowest BCUT2D eigenvalue weighted by Crippen LogP contribution is -2.45. The molecule has 3 unspecified atom stereocenters. The topological polar surface area (TPSA) is 99.4 Å². The molecule has 3 atom stereocenters. The highest BCUT2D eigenvalue weighted by Gasteiger charge is 2.23. The Morgan fingerprint density at radius 3 is 2.29 bits per heavy atom. The summed E-state index contributed by atoms with van der Waals surface area (Å²) in [6.45, 7) is 4.73. The van der Waals surface area contributed by atoms with Gasteiger partial charge in [-0.05, 0) is 45.0 Å². The summed E-state index contributed by atoms with van der Waals surface area (Å²) in [5.74, 6) is -1.57. The third-order valence-electron chi connectivity index (χ3n) is 3.17. The highest BCUT2D eigenvalue weighted by Crippen LogP contribution is 2.13. The fourth-order valence-corrected chi connectivity index (χ4v) is 1.55. The second-order valence-electron chi connectivity index (χ2n) is 4.82. The number of carbonyl (C=O) groups is 2. The van der Waals surface area contributed by atoms with Crippen molar-refractivity contribution < 1.29 is 19.4 Å². The summed E-state index contributed by atoms with van der Waals surface area (Å²) in [5.41, 5.74) is 0.503. The maximum absolute atomic E-state index is 11.9. The average molecular weight is 290 g/mol. The minimum absolute atomic E-state index is 0.389. The van der Waals surface area contributed by atoms with Crippen LogP contribution in [0.3, 0.4) is 0 Å².